The number of rotatable bonds is 4. The number of carbonyl (C=O) groups excluding carboxylic acids is 1. The molecule has 1 atom stereocenters. The number of aromatic nitrogens is 1. The molecule has 3 aliphatic rings. The number of likely N-dealkylation sites (tertiary alicyclic amines) is 1. The first kappa shape index (κ1) is 23.0. The number of carbonyl (C=O) groups is 1. The predicted molar refractivity (Wildman–Crippen MR) is 134 cm³/mol. The summed E-state index contributed by atoms with van der Waals surface area (Å²) in [7, 11) is 0. The molecule has 0 N–H and O–H groups in total. The van der Waals surface area contributed by atoms with Crippen LogP contribution in [0.25, 0.3) is 0 Å². The van der Waals surface area contributed by atoms with Crippen LogP contribution in [0.15, 0.2) is 53.7 Å². The van der Waals surface area contributed by atoms with Crippen LogP contribution in [0.1, 0.15) is 51.9 Å². The molecule has 0 spiro atoms. The highest BCUT2D eigenvalue weighted by atomic mass is 19.2. The molecule has 184 valence electrons. The molecule has 0 aliphatic carbocycles. The van der Waals surface area contributed by atoms with Gasteiger partial charge >= 0.3 is 0 Å². The van der Waals surface area contributed by atoms with E-state index in [1.54, 1.807) is 12.1 Å². The lowest BCUT2D eigenvalue weighted by molar-refractivity contribution is -0.135. The summed E-state index contributed by atoms with van der Waals surface area (Å²) in [6.45, 7) is 4.99. The van der Waals surface area contributed by atoms with Crippen molar-refractivity contribution in [3.8, 4) is 0 Å². The molecule has 5 nitrogen and oxygen atoms in total. The number of hydrogen-bond acceptors (Lipinski definition) is 4. The van der Waals surface area contributed by atoms with E-state index >= 15 is 0 Å². The molecular formula is C29H28F2N4O. The summed E-state index contributed by atoms with van der Waals surface area (Å²) < 4.78 is 27.9. The summed E-state index contributed by atoms with van der Waals surface area (Å²) in [5.41, 5.74) is 7.94. The van der Waals surface area contributed by atoms with Crippen LogP contribution in [-0.2, 0) is 30.8 Å². The van der Waals surface area contributed by atoms with Crippen molar-refractivity contribution in [1.29, 1.82) is 0 Å². The largest absolute Gasteiger partial charge is 0.334 e. The number of piperidine rings is 1. The summed E-state index contributed by atoms with van der Waals surface area (Å²) in [5.74, 6) is -1.46. The normalized spacial score (nSPS) is 19.8. The Morgan fingerprint density at radius 2 is 1.97 bits per heavy atom. The monoisotopic (exact) mass is 486 g/mol. The van der Waals surface area contributed by atoms with Gasteiger partial charge in [-0.05, 0) is 67.3 Å². The molecule has 2 aromatic carbocycles. The van der Waals surface area contributed by atoms with Crippen molar-refractivity contribution in [3.63, 3.8) is 0 Å². The number of amides is 1. The highest BCUT2D eigenvalue weighted by Crippen LogP contribution is 2.32. The van der Waals surface area contributed by atoms with Crippen LogP contribution in [0.4, 0.5) is 8.78 Å². The Morgan fingerprint density at radius 3 is 2.83 bits per heavy atom. The maximum Gasteiger partial charge on any atom is 0.227 e. The van der Waals surface area contributed by atoms with Crippen LogP contribution in [0, 0.1) is 18.6 Å². The van der Waals surface area contributed by atoms with Crippen molar-refractivity contribution < 1.29 is 13.6 Å². The van der Waals surface area contributed by atoms with Crippen LogP contribution in [-0.4, -0.2) is 45.5 Å². The number of aliphatic imine (C=N–C) groups is 1. The zero-order valence-corrected chi connectivity index (χ0v) is 20.3. The average Bonchev–Trinajstić information content (AvgIpc) is 3.28. The van der Waals surface area contributed by atoms with Crippen LogP contribution in [0.3, 0.4) is 0 Å². The van der Waals surface area contributed by atoms with Crippen LogP contribution in [0.2, 0.25) is 0 Å². The Labute approximate surface area is 209 Å². The minimum atomic E-state index is -0.818. The number of aryl methyl sites for hydroxylation is 1. The molecular weight excluding hydrogens is 458 g/mol. The van der Waals surface area contributed by atoms with E-state index in [1.807, 2.05) is 24.1 Å². The predicted octanol–water partition coefficient (Wildman–Crippen LogP) is 4.57. The van der Waals surface area contributed by atoms with Gasteiger partial charge in [0, 0.05) is 54.3 Å². The van der Waals surface area contributed by atoms with E-state index in [2.05, 4.69) is 28.1 Å². The fourth-order valence-electron chi connectivity index (χ4n) is 5.80. The van der Waals surface area contributed by atoms with Gasteiger partial charge in [-0.3, -0.25) is 19.7 Å². The quantitative estimate of drug-likeness (QED) is 0.543. The molecule has 1 fully saturated rings. The van der Waals surface area contributed by atoms with Gasteiger partial charge in [0.05, 0.1) is 18.7 Å². The number of hydrogen-bond donors (Lipinski definition) is 0. The third-order valence-electron chi connectivity index (χ3n) is 7.61. The van der Waals surface area contributed by atoms with E-state index in [0.29, 0.717) is 38.2 Å². The van der Waals surface area contributed by atoms with Gasteiger partial charge in [-0.25, -0.2) is 8.78 Å². The second-order valence-electron chi connectivity index (χ2n) is 10.1. The lowest BCUT2D eigenvalue weighted by atomic mass is 9.90. The molecule has 36 heavy (non-hydrogen) atoms. The van der Waals surface area contributed by atoms with Crippen molar-refractivity contribution in [3.05, 3.63) is 99.4 Å². The number of halogens is 2. The molecule has 7 heteroatoms. The number of nitrogens with zero attached hydrogens (tertiary/aromatic N) is 4. The van der Waals surface area contributed by atoms with Gasteiger partial charge in [0.15, 0.2) is 11.6 Å². The summed E-state index contributed by atoms with van der Waals surface area (Å²) in [6.07, 6.45) is 4.04. The molecule has 3 aromatic rings. The molecule has 1 saturated heterocycles. The Kier molecular flexibility index (Phi) is 5.88. The zero-order valence-electron chi connectivity index (χ0n) is 20.3. The summed E-state index contributed by atoms with van der Waals surface area (Å²) >= 11 is 0. The van der Waals surface area contributed by atoms with E-state index < -0.39 is 11.6 Å². The maximum atomic E-state index is 14.2. The van der Waals surface area contributed by atoms with Crippen molar-refractivity contribution in [2.24, 2.45) is 4.99 Å². The van der Waals surface area contributed by atoms with Crippen LogP contribution >= 0.6 is 0 Å². The Bertz CT molecular complexity index is 1390. The number of pyridine rings is 1. The summed E-state index contributed by atoms with van der Waals surface area (Å²) in [4.78, 5) is 26.4. The van der Waals surface area contributed by atoms with Crippen LogP contribution in [0.5, 0.6) is 0 Å². The van der Waals surface area contributed by atoms with Gasteiger partial charge in [-0.2, -0.15) is 0 Å². The number of benzene rings is 2. The minimum Gasteiger partial charge on any atom is -0.334 e. The fourth-order valence-corrected chi connectivity index (χ4v) is 5.80. The first-order chi connectivity index (χ1) is 17.5. The molecule has 0 saturated carbocycles. The lowest BCUT2D eigenvalue weighted by Crippen LogP contribution is -2.51. The first-order valence-corrected chi connectivity index (χ1v) is 12.5. The Hall–Kier alpha value is -3.45. The van der Waals surface area contributed by atoms with Crippen LogP contribution < -0.4 is 0 Å². The van der Waals surface area contributed by atoms with Crippen molar-refractivity contribution in [2.45, 2.75) is 51.9 Å². The number of fused-ring (bicyclic) bond motifs is 2. The van der Waals surface area contributed by atoms with Gasteiger partial charge in [0.25, 0.3) is 0 Å². The molecule has 1 amide bonds. The summed E-state index contributed by atoms with van der Waals surface area (Å²) in [6, 6.07) is 12.8. The maximum absolute atomic E-state index is 14.2. The van der Waals surface area contributed by atoms with E-state index in [9.17, 15) is 13.6 Å². The van der Waals surface area contributed by atoms with Gasteiger partial charge in [0.1, 0.15) is 0 Å². The molecule has 4 heterocycles. The van der Waals surface area contributed by atoms with Gasteiger partial charge in [0.2, 0.25) is 5.91 Å². The molecule has 6 rings (SSSR count). The smallest absolute Gasteiger partial charge is 0.227 e. The first-order valence-electron chi connectivity index (χ1n) is 12.5. The van der Waals surface area contributed by atoms with E-state index in [-0.39, 0.29) is 11.9 Å². The summed E-state index contributed by atoms with van der Waals surface area (Å²) in [5, 5.41) is 0. The fraction of sp³-hybridized carbons (Fsp3) is 0.345. The molecule has 1 aromatic heterocycles. The zero-order chi connectivity index (χ0) is 24.8. The van der Waals surface area contributed by atoms with Gasteiger partial charge in [-0.1, -0.05) is 18.2 Å². The van der Waals surface area contributed by atoms with E-state index in [4.69, 9.17) is 4.99 Å². The second kappa shape index (κ2) is 9.21. The van der Waals surface area contributed by atoms with E-state index in [1.165, 1.54) is 11.1 Å². The molecule has 0 bridgehead atoms. The highest BCUT2D eigenvalue weighted by Gasteiger charge is 2.33. The van der Waals surface area contributed by atoms with E-state index in [0.717, 1.165) is 53.5 Å². The SMILES string of the molecule is Cc1cc(C2=NCc3cc4c(cc32)CN([C@@H]2CCCN(Cc3cccc(F)c3F)C2)C(=O)C4)ccn1. The average molecular weight is 487 g/mol. The lowest BCUT2D eigenvalue weighted by Gasteiger charge is -2.41. The van der Waals surface area contributed by atoms with Crippen molar-refractivity contribution in [2.75, 3.05) is 13.1 Å². The van der Waals surface area contributed by atoms with Gasteiger partial charge in [-0.15, -0.1) is 0 Å². The Balaban J connectivity index is 1.22. The van der Waals surface area contributed by atoms with Crippen molar-refractivity contribution >= 4 is 11.6 Å². The van der Waals surface area contributed by atoms with Crippen molar-refractivity contribution in [1.82, 2.24) is 14.8 Å². The minimum absolute atomic E-state index is 0.0558. The topological polar surface area (TPSA) is 48.8 Å². The molecule has 0 radical (unpaired) electrons. The second-order valence-corrected chi connectivity index (χ2v) is 10.1. The standard InChI is InChI=1S/C29H28F2N4O/c1-18-10-19(7-8-32-18)29-25-12-23-16-35(27(36)13-21(23)11-22(25)14-33-29)24-5-3-9-34(17-24)15-20-4-2-6-26(30)28(20)31/h2,4,6-8,10-12,24H,3,5,9,13-17H2,1H3/t24-/m1/s1. The third kappa shape index (κ3) is 4.22. The molecule has 3 aliphatic heterocycles. The van der Waals surface area contributed by atoms with Gasteiger partial charge < -0.3 is 4.90 Å². The highest BCUT2D eigenvalue weighted by molar-refractivity contribution is 6.15. The molecule has 0 unspecified atom stereocenters. The third-order valence-corrected chi connectivity index (χ3v) is 7.61. The Morgan fingerprint density at radius 1 is 1.08 bits per heavy atom.